The molecule has 0 unspecified atom stereocenters. The van der Waals surface area contributed by atoms with E-state index in [-0.39, 0.29) is 12.3 Å². The summed E-state index contributed by atoms with van der Waals surface area (Å²) in [5.41, 5.74) is 3.43. The molecule has 1 aromatic carbocycles. The maximum atomic E-state index is 12.0. The van der Waals surface area contributed by atoms with Gasteiger partial charge < -0.3 is 14.9 Å². The summed E-state index contributed by atoms with van der Waals surface area (Å²) in [5.74, 6) is -0.150. The van der Waals surface area contributed by atoms with Crippen molar-refractivity contribution >= 4 is 17.6 Å². The van der Waals surface area contributed by atoms with Crippen LogP contribution >= 0.6 is 0 Å². The van der Waals surface area contributed by atoms with Crippen LogP contribution in [0.1, 0.15) is 35.4 Å². The number of carbonyl (C=O) groups excluding carboxylic acids is 1. The monoisotopic (exact) mass is 316 g/mol. The van der Waals surface area contributed by atoms with Crippen molar-refractivity contribution in [3.05, 3.63) is 46.8 Å². The summed E-state index contributed by atoms with van der Waals surface area (Å²) in [5, 5.41) is 15.4. The number of aliphatic carboxylic acids is 1. The summed E-state index contributed by atoms with van der Waals surface area (Å²) in [7, 11) is 0. The number of hydrogen-bond donors (Lipinski definition) is 2. The van der Waals surface area contributed by atoms with Crippen molar-refractivity contribution in [1.29, 1.82) is 0 Å². The van der Waals surface area contributed by atoms with Crippen molar-refractivity contribution in [3.8, 4) is 0 Å². The minimum atomic E-state index is -0.818. The molecule has 2 rings (SSSR count). The summed E-state index contributed by atoms with van der Waals surface area (Å²) >= 11 is 0. The van der Waals surface area contributed by atoms with Gasteiger partial charge in [0.1, 0.15) is 5.76 Å². The van der Waals surface area contributed by atoms with Gasteiger partial charge in [-0.3, -0.25) is 9.59 Å². The molecule has 1 amide bonds. The van der Waals surface area contributed by atoms with E-state index >= 15 is 0 Å². The summed E-state index contributed by atoms with van der Waals surface area (Å²) in [6.45, 7) is 3.70. The van der Waals surface area contributed by atoms with Crippen molar-refractivity contribution in [2.45, 2.75) is 39.5 Å². The summed E-state index contributed by atoms with van der Waals surface area (Å²) < 4.78 is 5.08. The van der Waals surface area contributed by atoms with Crippen molar-refractivity contribution in [1.82, 2.24) is 5.16 Å². The minimum absolute atomic E-state index is 0.0803. The molecule has 0 bridgehead atoms. The van der Waals surface area contributed by atoms with Gasteiger partial charge in [0.05, 0.1) is 5.69 Å². The molecule has 122 valence electrons. The van der Waals surface area contributed by atoms with Gasteiger partial charge in [0, 0.05) is 24.1 Å². The topological polar surface area (TPSA) is 92.4 Å². The maximum absolute atomic E-state index is 12.0. The number of rotatable bonds is 7. The van der Waals surface area contributed by atoms with Crippen LogP contribution in [0.3, 0.4) is 0 Å². The van der Waals surface area contributed by atoms with Crippen molar-refractivity contribution < 1.29 is 19.2 Å². The van der Waals surface area contributed by atoms with Crippen LogP contribution < -0.4 is 5.32 Å². The molecule has 1 heterocycles. The highest BCUT2D eigenvalue weighted by molar-refractivity contribution is 5.90. The van der Waals surface area contributed by atoms with E-state index < -0.39 is 5.97 Å². The van der Waals surface area contributed by atoms with Gasteiger partial charge in [0.15, 0.2) is 0 Å². The average molecular weight is 316 g/mol. The first-order valence-electron chi connectivity index (χ1n) is 7.48. The van der Waals surface area contributed by atoms with Gasteiger partial charge in [-0.15, -0.1) is 0 Å². The van der Waals surface area contributed by atoms with Gasteiger partial charge in [-0.05, 0) is 44.4 Å². The molecule has 0 fully saturated rings. The maximum Gasteiger partial charge on any atom is 0.303 e. The third kappa shape index (κ3) is 4.95. The number of carboxylic acid groups (broad SMARTS) is 1. The Hall–Kier alpha value is -2.63. The van der Waals surface area contributed by atoms with E-state index in [1.165, 1.54) is 0 Å². The Bertz CT molecular complexity index is 670. The summed E-state index contributed by atoms with van der Waals surface area (Å²) in [6.07, 6.45) is 1.52. The molecule has 2 aromatic rings. The summed E-state index contributed by atoms with van der Waals surface area (Å²) in [6, 6.07) is 7.22. The molecular formula is C17H20N2O4. The molecule has 0 radical (unpaired) electrons. The van der Waals surface area contributed by atoms with E-state index in [1.807, 2.05) is 26.0 Å². The number of anilines is 1. The molecule has 1 aromatic heterocycles. The number of carboxylic acids is 1. The zero-order chi connectivity index (χ0) is 16.8. The van der Waals surface area contributed by atoms with Crippen LogP contribution in [0.4, 0.5) is 5.69 Å². The highest BCUT2D eigenvalue weighted by atomic mass is 16.5. The van der Waals surface area contributed by atoms with E-state index in [0.717, 1.165) is 22.6 Å². The summed E-state index contributed by atoms with van der Waals surface area (Å²) in [4.78, 5) is 22.5. The third-order valence-corrected chi connectivity index (χ3v) is 3.65. The number of amides is 1. The second-order valence-corrected chi connectivity index (χ2v) is 5.44. The SMILES string of the molecule is Cc1noc(C)c1CCC(=O)Nc1ccc(CCC(=O)O)cc1. The number of nitrogens with one attached hydrogen (secondary N) is 1. The van der Waals surface area contributed by atoms with Crippen LogP contribution in [0, 0.1) is 13.8 Å². The molecule has 0 saturated heterocycles. The molecule has 0 aliphatic carbocycles. The molecule has 6 heteroatoms. The fourth-order valence-electron chi connectivity index (χ4n) is 2.33. The number of nitrogens with zero attached hydrogens (tertiary/aromatic N) is 1. The second kappa shape index (κ2) is 7.58. The first kappa shape index (κ1) is 16.7. The molecule has 0 saturated carbocycles. The number of carbonyl (C=O) groups is 2. The Balaban J connectivity index is 1.84. The lowest BCUT2D eigenvalue weighted by Gasteiger charge is -2.06. The van der Waals surface area contributed by atoms with Gasteiger partial charge >= 0.3 is 5.97 Å². The van der Waals surface area contributed by atoms with Crippen molar-refractivity contribution in [3.63, 3.8) is 0 Å². The quantitative estimate of drug-likeness (QED) is 0.819. The highest BCUT2D eigenvalue weighted by Gasteiger charge is 2.11. The minimum Gasteiger partial charge on any atom is -0.481 e. The second-order valence-electron chi connectivity index (χ2n) is 5.44. The van der Waals surface area contributed by atoms with Crippen LogP contribution in [-0.2, 0) is 22.4 Å². The van der Waals surface area contributed by atoms with Crippen LogP contribution in [0.2, 0.25) is 0 Å². The van der Waals surface area contributed by atoms with Crippen molar-refractivity contribution in [2.24, 2.45) is 0 Å². The lowest BCUT2D eigenvalue weighted by atomic mass is 10.1. The third-order valence-electron chi connectivity index (χ3n) is 3.65. The first-order chi connectivity index (χ1) is 11.0. The van der Waals surface area contributed by atoms with E-state index in [9.17, 15) is 9.59 Å². The number of aromatic nitrogens is 1. The average Bonchev–Trinajstić information content (AvgIpc) is 2.83. The Morgan fingerprint density at radius 3 is 2.39 bits per heavy atom. The lowest BCUT2D eigenvalue weighted by Crippen LogP contribution is -2.12. The fraction of sp³-hybridized carbons (Fsp3) is 0.353. The van der Waals surface area contributed by atoms with Gasteiger partial charge in [-0.2, -0.15) is 0 Å². The number of aryl methyl sites for hydroxylation is 3. The molecule has 2 N–H and O–H groups in total. The van der Waals surface area contributed by atoms with Gasteiger partial charge in [-0.25, -0.2) is 0 Å². The van der Waals surface area contributed by atoms with E-state index in [1.54, 1.807) is 12.1 Å². The Kier molecular flexibility index (Phi) is 5.51. The van der Waals surface area contributed by atoms with E-state index in [2.05, 4.69) is 10.5 Å². The molecule has 6 nitrogen and oxygen atoms in total. The first-order valence-corrected chi connectivity index (χ1v) is 7.48. The molecular weight excluding hydrogens is 296 g/mol. The van der Waals surface area contributed by atoms with E-state index in [0.29, 0.717) is 24.9 Å². The van der Waals surface area contributed by atoms with Crippen LogP contribution in [0.15, 0.2) is 28.8 Å². The van der Waals surface area contributed by atoms with Gasteiger partial charge in [0.2, 0.25) is 5.91 Å². The predicted octanol–water partition coefficient (Wildman–Crippen LogP) is 2.88. The molecule has 0 aliphatic heterocycles. The smallest absolute Gasteiger partial charge is 0.303 e. The zero-order valence-corrected chi connectivity index (χ0v) is 13.3. The van der Waals surface area contributed by atoms with Crippen LogP contribution in [0.5, 0.6) is 0 Å². The van der Waals surface area contributed by atoms with Crippen LogP contribution in [-0.4, -0.2) is 22.1 Å². The standard InChI is InChI=1S/C17H20N2O4/c1-11-15(12(2)23-19-11)8-9-16(20)18-14-6-3-13(4-7-14)5-10-17(21)22/h3-4,6-7H,5,8-10H2,1-2H3,(H,18,20)(H,21,22). The Labute approximate surface area is 134 Å². The van der Waals surface area contributed by atoms with E-state index in [4.69, 9.17) is 9.63 Å². The zero-order valence-electron chi connectivity index (χ0n) is 13.3. The molecule has 0 spiro atoms. The normalized spacial score (nSPS) is 10.5. The molecule has 0 aliphatic rings. The number of hydrogen-bond acceptors (Lipinski definition) is 4. The van der Waals surface area contributed by atoms with Gasteiger partial charge in [0.25, 0.3) is 0 Å². The van der Waals surface area contributed by atoms with Crippen LogP contribution in [0.25, 0.3) is 0 Å². The number of benzene rings is 1. The largest absolute Gasteiger partial charge is 0.481 e. The highest BCUT2D eigenvalue weighted by Crippen LogP contribution is 2.16. The Morgan fingerprint density at radius 1 is 1.13 bits per heavy atom. The Morgan fingerprint density at radius 2 is 1.83 bits per heavy atom. The molecule has 23 heavy (non-hydrogen) atoms. The predicted molar refractivity (Wildman–Crippen MR) is 85.3 cm³/mol. The van der Waals surface area contributed by atoms with Crippen molar-refractivity contribution in [2.75, 3.05) is 5.32 Å². The van der Waals surface area contributed by atoms with Gasteiger partial charge in [-0.1, -0.05) is 17.3 Å². The fourth-order valence-corrected chi connectivity index (χ4v) is 2.33. The lowest BCUT2D eigenvalue weighted by molar-refractivity contribution is -0.137. The molecule has 0 atom stereocenters.